The molecule has 0 saturated carbocycles. The molecule has 6 rings (SSSR count). The minimum atomic E-state index is -0.490. The highest BCUT2D eigenvalue weighted by Gasteiger charge is 2.48. The number of aromatic nitrogens is 5. The van der Waals surface area contributed by atoms with Gasteiger partial charge in [0.2, 0.25) is 0 Å². The number of rotatable bonds is 6. The molecule has 2 aliphatic rings. The quantitative estimate of drug-likeness (QED) is 0.406. The normalized spacial score (nSPS) is 21.6. The number of nitrogen functional groups attached to an aromatic ring is 1. The SMILES string of the molecule is CC(NC(=O)c1ccccc1)C1(c2cc(-c3ccnn3C3CCOCC3)c3c(N)ncnn23)CCCN1C. The van der Waals surface area contributed by atoms with Crippen LogP contribution in [0.4, 0.5) is 5.82 Å². The van der Waals surface area contributed by atoms with Crippen LogP contribution < -0.4 is 11.1 Å². The van der Waals surface area contributed by atoms with Crippen LogP contribution in [-0.4, -0.2) is 68.0 Å². The van der Waals surface area contributed by atoms with Gasteiger partial charge in [-0.2, -0.15) is 10.2 Å². The average Bonchev–Trinajstić information content (AvgIpc) is 3.67. The van der Waals surface area contributed by atoms with Crippen molar-refractivity contribution in [1.82, 2.24) is 34.6 Å². The van der Waals surface area contributed by atoms with Crippen LogP contribution in [0.3, 0.4) is 0 Å². The number of amides is 1. The van der Waals surface area contributed by atoms with Crippen molar-refractivity contribution >= 4 is 17.2 Å². The Labute approximate surface area is 221 Å². The van der Waals surface area contributed by atoms with Gasteiger partial charge in [-0.05, 0) is 70.5 Å². The number of carbonyl (C=O) groups is 1. The highest BCUT2D eigenvalue weighted by atomic mass is 16.5. The first-order valence-electron chi connectivity index (χ1n) is 13.3. The second kappa shape index (κ2) is 9.85. The minimum absolute atomic E-state index is 0.0920. The average molecular weight is 515 g/mol. The van der Waals surface area contributed by atoms with Crippen LogP contribution >= 0.6 is 0 Å². The van der Waals surface area contributed by atoms with Crippen LogP contribution in [-0.2, 0) is 10.3 Å². The van der Waals surface area contributed by atoms with Crippen molar-refractivity contribution in [2.75, 3.05) is 32.5 Å². The largest absolute Gasteiger partial charge is 0.382 e. The molecule has 2 fully saturated rings. The molecule has 1 aromatic carbocycles. The maximum absolute atomic E-state index is 13.2. The van der Waals surface area contributed by atoms with E-state index in [4.69, 9.17) is 20.7 Å². The summed E-state index contributed by atoms with van der Waals surface area (Å²) < 4.78 is 9.61. The summed E-state index contributed by atoms with van der Waals surface area (Å²) in [5, 5.41) is 12.7. The van der Waals surface area contributed by atoms with Gasteiger partial charge in [0.05, 0.1) is 29.0 Å². The summed E-state index contributed by atoms with van der Waals surface area (Å²) in [5.41, 5.74) is 10.3. The second-order valence-corrected chi connectivity index (χ2v) is 10.4. The van der Waals surface area contributed by atoms with E-state index in [0.29, 0.717) is 11.4 Å². The lowest BCUT2D eigenvalue weighted by Crippen LogP contribution is -2.55. The molecule has 38 heavy (non-hydrogen) atoms. The van der Waals surface area contributed by atoms with Gasteiger partial charge in [0.25, 0.3) is 5.91 Å². The fourth-order valence-corrected chi connectivity index (χ4v) is 6.38. The van der Waals surface area contributed by atoms with E-state index in [1.54, 1.807) is 0 Å². The lowest BCUT2D eigenvalue weighted by atomic mass is 9.84. The van der Waals surface area contributed by atoms with Crippen LogP contribution in [0.1, 0.15) is 54.7 Å². The molecule has 10 heteroatoms. The van der Waals surface area contributed by atoms with Crippen LogP contribution in [0.15, 0.2) is 55.0 Å². The maximum atomic E-state index is 13.2. The first kappa shape index (κ1) is 24.6. The molecule has 3 N–H and O–H groups in total. The van der Waals surface area contributed by atoms with E-state index in [0.717, 1.165) is 67.9 Å². The van der Waals surface area contributed by atoms with E-state index in [1.165, 1.54) is 6.33 Å². The van der Waals surface area contributed by atoms with Crippen molar-refractivity contribution in [2.24, 2.45) is 0 Å². The van der Waals surface area contributed by atoms with Crippen molar-refractivity contribution in [3.8, 4) is 11.3 Å². The molecule has 10 nitrogen and oxygen atoms in total. The van der Waals surface area contributed by atoms with Gasteiger partial charge in [-0.1, -0.05) is 18.2 Å². The molecule has 2 unspecified atom stereocenters. The Hall–Kier alpha value is -3.76. The van der Waals surface area contributed by atoms with Gasteiger partial charge in [0.1, 0.15) is 11.8 Å². The van der Waals surface area contributed by atoms with Gasteiger partial charge in [0.15, 0.2) is 5.82 Å². The molecule has 3 aromatic heterocycles. The van der Waals surface area contributed by atoms with Crippen molar-refractivity contribution in [2.45, 2.75) is 50.2 Å². The summed E-state index contributed by atoms with van der Waals surface area (Å²) in [7, 11) is 2.12. The van der Waals surface area contributed by atoms with Gasteiger partial charge < -0.3 is 15.8 Å². The molecule has 0 radical (unpaired) electrons. The zero-order valence-electron chi connectivity index (χ0n) is 21.9. The summed E-state index contributed by atoms with van der Waals surface area (Å²) in [5.74, 6) is 0.323. The molecule has 2 atom stereocenters. The molecule has 2 aliphatic heterocycles. The highest BCUT2D eigenvalue weighted by Crippen LogP contribution is 2.44. The summed E-state index contributed by atoms with van der Waals surface area (Å²) in [6.45, 7) is 4.44. The number of nitrogens with zero attached hydrogens (tertiary/aromatic N) is 6. The smallest absolute Gasteiger partial charge is 0.251 e. The Morgan fingerprint density at radius 2 is 1.97 bits per heavy atom. The number of nitrogens with two attached hydrogens (primary N) is 1. The van der Waals surface area contributed by atoms with Crippen molar-refractivity contribution in [3.63, 3.8) is 0 Å². The Morgan fingerprint density at radius 1 is 1.18 bits per heavy atom. The van der Waals surface area contributed by atoms with E-state index in [1.807, 2.05) is 47.1 Å². The van der Waals surface area contributed by atoms with Gasteiger partial charge >= 0.3 is 0 Å². The highest BCUT2D eigenvalue weighted by molar-refractivity contribution is 5.94. The van der Waals surface area contributed by atoms with Gasteiger partial charge in [-0.15, -0.1) is 0 Å². The topological polar surface area (TPSA) is 116 Å². The predicted molar refractivity (Wildman–Crippen MR) is 145 cm³/mol. The van der Waals surface area contributed by atoms with Crippen molar-refractivity contribution in [1.29, 1.82) is 0 Å². The van der Waals surface area contributed by atoms with Crippen LogP contribution in [0.2, 0.25) is 0 Å². The standard InChI is InChI=1S/C28H34N8O2/c1-19(33-27(37)20-7-4-3-5-8-20)28(12-6-14-34(28)2)24-17-22(25-26(29)30-18-32-36(24)25)23-9-13-31-35(23)21-10-15-38-16-11-21/h3-5,7-9,13,17-19,21H,6,10-12,14-16H2,1-2H3,(H,33,37)(H2,29,30,32). The molecule has 0 spiro atoms. The number of fused-ring (bicyclic) bond motifs is 1. The third-order valence-electron chi connectivity index (χ3n) is 8.34. The first-order chi connectivity index (χ1) is 18.5. The summed E-state index contributed by atoms with van der Waals surface area (Å²) in [6.07, 6.45) is 7.04. The number of nitrogens with one attached hydrogen (secondary N) is 1. The number of ether oxygens (including phenoxy) is 1. The number of carbonyl (C=O) groups excluding carboxylic acids is 1. The zero-order valence-corrected chi connectivity index (χ0v) is 21.9. The zero-order chi connectivity index (χ0) is 26.3. The summed E-state index contributed by atoms with van der Waals surface area (Å²) in [6, 6.07) is 13.6. The number of hydrogen-bond donors (Lipinski definition) is 2. The van der Waals surface area contributed by atoms with Crippen LogP contribution in [0.25, 0.3) is 16.8 Å². The summed E-state index contributed by atoms with van der Waals surface area (Å²) >= 11 is 0. The maximum Gasteiger partial charge on any atom is 0.251 e. The van der Waals surface area contributed by atoms with Crippen molar-refractivity contribution in [3.05, 3.63) is 66.2 Å². The molecule has 0 aliphatic carbocycles. The number of likely N-dealkylation sites (N-methyl/N-ethyl adjacent to an activating group) is 1. The van der Waals surface area contributed by atoms with Crippen molar-refractivity contribution < 1.29 is 9.53 Å². The fourth-order valence-electron chi connectivity index (χ4n) is 6.38. The Balaban J connectivity index is 1.48. The first-order valence-corrected chi connectivity index (χ1v) is 13.3. The Kier molecular flexibility index (Phi) is 6.37. The van der Waals surface area contributed by atoms with Gasteiger partial charge in [-0.25, -0.2) is 9.50 Å². The second-order valence-electron chi connectivity index (χ2n) is 10.4. The molecular formula is C28H34N8O2. The third kappa shape index (κ3) is 3.95. The summed E-state index contributed by atoms with van der Waals surface area (Å²) in [4.78, 5) is 19.9. The van der Waals surface area contributed by atoms with Gasteiger partial charge in [0, 0.05) is 30.5 Å². The molecule has 4 aromatic rings. The Morgan fingerprint density at radius 3 is 2.71 bits per heavy atom. The molecule has 5 heterocycles. The fraction of sp³-hybridized carbons (Fsp3) is 0.429. The van der Waals surface area contributed by atoms with Crippen LogP contribution in [0.5, 0.6) is 0 Å². The van der Waals surface area contributed by atoms with E-state index in [-0.39, 0.29) is 18.0 Å². The van der Waals surface area contributed by atoms with E-state index >= 15 is 0 Å². The number of hydrogen-bond acceptors (Lipinski definition) is 7. The molecular weight excluding hydrogens is 480 g/mol. The number of likely N-dealkylation sites (tertiary alicyclic amines) is 1. The molecule has 198 valence electrons. The number of anilines is 1. The minimum Gasteiger partial charge on any atom is -0.382 e. The molecule has 0 bridgehead atoms. The molecule has 1 amide bonds. The van der Waals surface area contributed by atoms with E-state index in [9.17, 15) is 4.79 Å². The Bertz CT molecular complexity index is 1440. The van der Waals surface area contributed by atoms with E-state index in [2.05, 4.69) is 39.9 Å². The van der Waals surface area contributed by atoms with Crippen LogP contribution in [0, 0.1) is 0 Å². The monoisotopic (exact) mass is 514 g/mol. The lowest BCUT2D eigenvalue weighted by molar-refractivity contribution is 0.0667. The van der Waals surface area contributed by atoms with Gasteiger partial charge in [-0.3, -0.25) is 14.4 Å². The molecule has 2 saturated heterocycles. The third-order valence-corrected chi connectivity index (χ3v) is 8.34. The lowest BCUT2D eigenvalue weighted by Gasteiger charge is -2.41. The number of benzene rings is 1. The predicted octanol–water partition coefficient (Wildman–Crippen LogP) is 3.27. The van der Waals surface area contributed by atoms with E-state index < -0.39 is 5.54 Å².